The van der Waals surface area contributed by atoms with Gasteiger partial charge in [-0.3, -0.25) is 9.59 Å². The summed E-state index contributed by atoms with van der Waals surface area (Å²) in [4.78, 5) is 27.5. The molecule has 6 nitrogen and oxygen atoms in total. The van der Waals surface area contributed by atoms with Crippen molar-refractivity contribution in [2.45, 2.75) is 34.2 Å². The highest BCUT2D eigenvalue weighted by molar-refractivity contribution is 6.04. The number of carbonyl (C=O) groups is 1. The molecule has 0 bridgehead atoms. The lowest BCUT2D eigenvalue weighted by Crippen LogP contribution is -2.36. The molecule has 0 aliphatic carbocycles. The zero-order valence-corrected chi connectivity index (χ0v) is 15.6. The minimum Gasteiger partial charge on any atom is -0.349 e. The molecule has 0 aliphatic rings. The van der Waals surface area contributed by atoms with Crippen molar-refractivity contribution in [3.05, 3.63) is 40.3 Å². The molecule has 1 aromatic heterocycles. The molecule has 1 aromatic carbocycles. The summed E-state index contributed by atoms with van der Waals surface area (Å²) >= 11 is 0. The van der Waals surface area contributed by atoms with E-state index in [2.05, 4.69) is 29.2 Å². The Morgan fingerprint density at radius 1 is 1.20 bits per heavy atom. The number of rotatable bonds is 8. The van der Waals surface area contributed by atoms with Gasteiger partial charge in [-0.2, -0.15) is 5.10 Å². The maximum absolute atomic E-state index is 12.7. The van der Waals surface area contributed by atoms with Gasteiger partial charge in [0.15, 0.2) is 5.69 Å². The largest absolute Gasteiger partial charge is 0.349 e. The molecule has 0 spiro atoms. The van der Waals surface area contributed by atoms with Crippen molar-refractivity contribution in [3.63, 3.8) is 0 Å². The van der Waals surface area contributed by atoms with Gasteiger partial charge >= 0.3 is 0 Å². The van der Waals surface area contributed by atoms with Crippen LogP contribution in [0.15, 0.2) is 29.1 Å². The Labute approximate surface area is 148 Å². The highest BCUT2D eigenvalue weighted by Gasteiger charge is 2.17. The minimum atomic E-state index is -0.235. The number of likely N-dealkylation sites (N-methyl/N-ethyl adjacent to an activating group) is 1. The molecular weight excluding hydrogens is 316 g/mol. The van der Waals surface area contributed by atoms with Gasteiger partial charge in [0, 0.05) is 25.0 Å². The summed E-state index contributed by atoms with van der Waals surface area (Å²) in [6.45, 7) is 12.0. The van der Waals surface area contributed by atoms with E-state index in [1.165, 1.54) is 4.68 Å². The van der Waals surface area contributed by atoms with Crippen molar-refractivity contribution in [1.29, 1.82) is 0 Å². The molecule has 2 aromatic rings. The Bertz CT molecular complexity index is 779. The Kier molecular flexibility index (Phi) is 6.70. The van der Waals surface area contributed by atoms with E-state index in [9.17, 15) is 9.59 Å². The lowest BCUT2D eigenvalue weighted by Gasteiger charge is -2.18. The molecule has 0 unspecified atom stereocenters. The maximum Gasteiger partial charge on any atom is 0.274 e. The molecule has 0 aliphatic heterocycles. The highest BCUT2D eigenvalue weighted by atomic mass is 16.2. The van der Waals surface area contributed by atoms with E-state index in [4.69, 9.17) is 0 Å². The first-order chi connectivity index (χ1) is 12.0. The van der Waals surface area contributed by atoms with Crippen LogP contribution in [0.1, 0.15) is 38.2 Å². The fourth-order valence-electron chi connectivity index (χ4n) is 2.82. The molecule has 1 N–H and O–H groups in total. The van der Waals surface area contributed by atoms with Crippen LogP contribution in [0.3, 0.4) is 0 Å². The Balaban J connectivity index is 2.31. The number of aromatic nitrogens is 2. The van der Waals surface area contributed by atoms with Crippen LogP contribution in [0, 0.1) is 5.92 Å². The lowest BCUT2D eigenvalue weighted by atomic mass is 10.1. The van der Waals surface area contributed by atoms with Gasteiger partial charge in [-0.05, 0) is 25.1 Å². The topological polar surface area (TPSA) is 67.2 Å². The molecule has 1 amide bonds. The van der Waals surface area contributed by atoms with Crippen LogP contribution in [0.4, 0.5) is 0 Å². The number of nitrogens with zero attached hydrogens (tertiary/aromatic N) is 3. The van der Waals surface area contributed by atoms with E-state index in [-0.39, 0.29) is 17.4 Å². The summed E-state index contributed by atoms with van der Waals surface area (Å²) in [5.41, 5.74) is 0.166. The molecule has 0 saturated carbocycles. The first-order valence-corrected chi connectivity index (χ1v) is 8.98. The monoisotopic (exact) mass is 344 g/mol. The Hall–Kier alpha value is -2.21. The molecule has 25 heavy (non-hydrogen) atoms. The van der Waals surface area contributed by atoms with E-state index < -0.39 is 0 Å². The third-order valence-corrected chi connectivity index (χ3v) is 4.23. The number of hydrogen-bond donors (Lipinski definition) is 1. The average Bonchev–Trinajstić information content (AvgIpc) is 2.60. The van der Waals surface area contributed by atoms with Gasteiger partial charge in [-0.1, -0.05) is 45.9 Å². The number of benzene rings is 1. The second kappa shape index (κ2) is 8.76. The quantitative estimate of drug-likeness (QED) is 0.796. The standard InChI is InChI=1S/C19H28N4O2/c1-5-22(6-2)12-11-20-18(24)17-15-9-7-8-10-16(15)19(25)23(21-17)13-14(3)4/h7-10,14H,5-6,11-13H2,1-4H3,(H,20,24). The SMILES string of the molecule is CCN(CC)CCNC(=O)c1nn(CC(C)C)c(=O)c2ccccc12. The van der Waals surface area contributed by atoms with Gasteiger partial charge < -0.3 is 10.2 Å². The van der Waals surface area contributed by atoms with Crippen LogP contribution >= 0.6 is 0 Å². The second-order valence-corrected chi connectivity index (χ2v) is 6.56. The van der Waals surface area contributed by atoms with Gasteiger partial charge in [-0.15, -0.1) is 0 Å². The molecular formula is C19H28N4O2. The van der Waals surface area contributed by atoms with Crippen LogP contribution in [0.25, 0.3) is 10.8 Å². The van der Waals surface area contributed by atoms with Gasteiger partial charge in [0.05, 0.1) is 5.39 Å². The third kappa shape index (κ3) is 4.66. The number of amides is 1. The van der Waals surface area contributed by atoms with Crippen molar-refractivity contribution >= 4 is 16.7 Å². The summed E-state index contributed by atoms with van der Waals surface area (Å²) in [7, 11) is 0. The fourth-order valence-corrected chi connectivity index (χ4v) is 2.82. The summed E-state index contributed by atoms with van der Waals surface area (Å²) < 4.78 is 1.41. The molecule has 0 fully saturated rings. The predicted molar refractivity (Wildman–Crippen MR) is 101 cm³/mol. The smallest absolute Gasteiger partial charge is 0.274 e. The molecule has 1 heterocycles. The van der Waals surface area contributed by atoms with Gasteiger partial charge in [-0.25, -0.2) is 4.68 Å². The van der Waals surface area contributed by atoms with Crippen molar-refractivity contribution in [3.8, 4) is 0 Å². The second-order valence-electron chi connectivity index (χ2n) is 6.56. The van der Waals surface area contributed by atoms with E-state index in [1.807, 2.05) is 26.0 Å². The van der Waals surface area contributed by atoms with Gasteiger partial charge in [0.2, 0.25) is 0 Å². The molecule has 6 heteroatoms. The van der Waals surface area contributed by atoms with E-state index in [1.54, 1.807) is 12.1 Å². The zero-order valence-electron chi connectivity index (χ0n) is 15.6. The first-order valence-electron chi connectivity index (χ1n) is 8.98. The van der Waals surface area contributed by atoms with Gasteiger partial charge in [0.25, 0.3) is 11.5 Å². The van der Waals surface area contributed by atoms with Crippen LogP contribution < -0.4 is 10.9 Å². The van der Waals surface area contributed by atoms with Gasteiger partial charge in [0.1, 0.15) is 0 Å². The summed E-state index contributed by atoms with van der Waals surface area (Å²) in [6.07, 6.45) is 0. The van der Waals surface area contributed by atoms with Crippen LogP contribution in [-0.4, -0.2) is 46.8 Å². The van der Waals surface area contributed by atoms with Crippen molar-refractivity contribution < 1.29 is 4.79 Å². The Morgan fingerprint density at radius 3 is 2.44 bits per heavy atom. The molecule has 0 radical (unpaired) electrons. The Morgan fingerprint density at radius 2 is 1.84 bits per heavy atom. The molecule has 0 atom stereocenters. The minimum absolute atomic E-state index is 0.149. The van der Waals surface area contributed by atoms with Crippen molar-refractivity contribution in [2.24, 2.45) is 5.92 Å². The lowest BCUT2D eigenvalue weighted by molar-refractivity contribution is 0.0943. The fraction of sp³-hybridized carbons (Fsp3) is 0.526. The third-order valence-electron chi connectivity index (χ3n) is 4.23. The predicted octanol–water partition coefficient (Wildman–Crippen LogP) is 2.12. The number of hydrogen-bond acceptors (Lipinski definition) is 4. The molecule has 136 valence electrons. The normalized spacial score (nSPS) is 11.4. The molecule has 0 saturated heterocycles. The summed E-state index contributed by atoms with van der Waals surface area (Å²) in [5, 5.41) is 8.43. The van der Waals surface area contributed by atoms with Crippen LogP contribution in [0.5, 0.6) is 0 Å². The van der Waals surface area contributed by atoms with Crippen LogP contribution in [-0.2, 0) is 6.54 Å². The van der Waals surface area contributed by atoms with E-state index in [0.29, 0.717) is 29.6 Å². The van der Waals surface area contributed by atoms with Crippen molar-refractivity contribution in [2.75, 3.05) is 26.2 Å². The highest BCUT2D eigenvalue weighted by Crippen LogP contribution is 2.13. The maximum atomic E-state index is 12.7. The van der Waals surface area contributed by atoms with Crippen LogP contribution in [0.2, 0.25) is 0 Å². The number of nitrogens with one attached hydrogen (secondary N) is 1. The summed E-state index contributed by atoms with van der Waals surface area (Å²) in [5.74, 6) is 0.0332. The number of carbonyl (C=O) groups excluding carboxylic acids is 1. The number of fused-ring (bicyclic) bond motifs is 1. The van der Waals surface area contributed by atoms with E-state index in [0.717, 1.165) is 19.6 Å². The zero-order chi connectivity index (χ0) is 18.4. The van der Waals surface area contributed by atoms with Crippen molar-refractivity contribution in [1.82, 2.24) is 20.0 Å². The molecule has 2 rings (SSSR count). The average molecular weight is 344 g/mol. The van der Waals surface area contributed by atoms with E-state index >= 15 is 0 Å². The first kappa shape index (κ1) is 19.1. The summed E-state index contributed by atoms with van der Waals surface area (Å²) in [6, 6.07) is 7.17.